The maximum Gasteiger partial charge on any atom is 0.162 e. The zero-order valence-electron chi connectivity index (χ0n) is 13.4. The van der Waals surface area contributed by atoms with Crippen LogP contribution in [0, 0.1) is 0 Å². The lowest BCUT2D eigenvalue weighted by atomic mass is 10.1. The van der Waals surface area contributed by atoms with E-state index in [-0.39, 0.29) is 6.61 Å². The van der Waals surface area contributed by atoms with Crippen molar-refractivity contribution in [1.82, 2.24) is 9.88 Å². The summed E-state index contributed by atoms with van der Waals surface area (Å²) in [5.74, 6) is 1.58. The third-order valence-corrected chi connectivity index (χ3v) is 4.60. The molecule has 0 bridgehead atoms. The van der Waals surface area contributed by atoms with Crippen LogP contribution in [0.5, 0.6) is 11.5 Å². The first-order chi connectivity index (χ1) is 11.8. The van der Waals surface area contributed by atoms with Gasteiger partial charge in [0.15, 0.2) is 11.5 Å². The number of ether oxygens (including phenoxy) is 2. The molecule has 1 aliphatic rings. The van der Waals surface area contributed by atoms with Crippen LogP contribution in [0.25, 0.3) is 0 Å². The van der Waals surface area contributed by atoms with Crippen LogP contribution in [0.4, 0.5) is 0 Å². The number of rotatable bonds is 7. The fraction of sp³-hybridized carbons (Fsp3) is 0.389. The van der Waals surface area contributed by atoms with Gasteiger partial charge in [0.1, 0.15) is 13.2 Å². The number of aromatic nitrogens is 1. The zero-order valence-corrected chi connectivity index (χ0v) is 15.0. The first kappa shape index (κ1) is 17.2. The van der Waals surface area contributed by atoms with E-state index in [4.69, 9.17) is 9.47 Å². The standard InChI is InChI=1S/C18H21BrN2O3/c19-16-10-18-17(23-7-8-24-18)9-15(16)13-21(5-2-6-22)12-14-3-1-4-20-11-14/h1,3-4,9-11,22H,2,5-8,12-13H2. The van der Waals surface area contributed by atoms with Gasteiger partial charge in [-0.15, -0.1) is 0 Å². The Morgan fingerprint density at radius 1 is 1.17 bits per heavy atom. The summed E-state index contributed by atoms with van der Waals surface area (Å²) in [6.45, 7) is 3.71. The third kappa shape index (κ3) is 4.47. The van der Waals surface area contributed by atoms with Gasteiger partial charge in [-0.25, -0.2) is 0 Å². The number of benzene rings is 1. The highest BCUT2D eigenvalue weighted by atomic mass is 79.9. The monoisotopic (exact) mass is 392 g/mol. The van der Waals surface area contributed by atoms with Crippen LogP contribution in [0.2, 0.25) is 0 Å². The summed E-state index contributed by atoms with van der Waals surface area (Å²) in [5.41, 5.74) is 2.30. The highest BCUT2D eigenvalue weighted by molar-refractivity contribution is 9.10. The normalized spacial score (nSPS) is 13.3. The molecule has 0 spiro atoms. The number of aliphatic hydroxyl groups excluding tert-OH is 1. The fourth-order valence-electron chi connectivity index (χ4n) is 2.73. The molecule has 0 aliphatic carbocycles. The summed E-state index contributed by atoms with van der Waals surface area (Å²) in [5, 5.41) is 9.18. The summed E-state index contributed by atoms with van der Waals surface area (Å²) >= 11 is 3.63. The zero-order chi connectivity index (χ0) is 16.8. The molecule has 0 saturated heterocycles. The van der Waals surface area contributed by atoms with Crippen LogP contribution in [-0.4, -0.2) is 41.4 Å². The molecule has 1 aromatic carbocycles. The number of fused-ring (bicyclic) bond motifs is 1. The predicted octanol–water partition coefficient (Wildman–Crippen LogP) is 3.00. The molecule has 0 atom stereocenters. The van der Waals surface area contributed by atoms with E-state index in [1.54, 1.807) is 6.20 Å². The second-order valence-electron chi connectivity index (χ2n) is 5.74. The minimum Gasteiger partial charge on any atom is -0.486 e. The van der Waals surface area contributed by atoms with Crippen LogP contribution in [0.15, 0.2) is 41.1 Å². The Labute approximate surface area is 150 Å². The SMILES string of the molecule is OCCCN(Cc1cccnc1)Cc1cc2c(cc1Br)OCCO2. The molecule has 1 aliphatic heterocycles. The third-order valence-electron chi connectivity index (χ3n) is 3.87. The first-order valence-electron chi connectivity index (χ1n) is 8.06. The molecule has 1 N–H and O–H groups in total. The molecule has 2 heterocycles. The molecule has 24 heavy (non-hydrogen) atoms. The van der Waals surface area contributed by atoms with E-state index in [0.717, 1.165) is 53.2 Å². The molecule has 2 aromatic rings. The van der Waals surface area contributed by atoms with Gasteiger partial charge in [-0.2, -0.15) is 0 Å². The summed E-state index contributed by atoms with van der Waals surface area (Å²) in [7, 11) is 0. The van der Waals surface area contributed by atoms with Gasteiger partial charge in [-0.05, 0) is 35.7 Å². The van der Waals surface area contributed by atoms with Crippen LogP contribution in [0.1, 0.15) is 17.5 Å². The first-order valence-corrected chi connectivity index (χ1v) is 8.85. The number of hydrogen-bond donors (Lipinski definition) is 1. The summed E-state index contributed by atoms with van der Waals surface area (Å²) < 4.78 is 12.3. The Hall–Kier alpha value is -1.63. The van der Waals surface area contributed by atoms with Crippen LogP contribution in [-0.2, 0) is 13.1 Å². The molecule has 0 unspecified atom stereocenters. The van der Waals surface area contributed by atoms with Gasteiger partial charge in [0.05, 0.1) is 0 Å². The maximum absolute atomic E-state index is 9.18. The van der Waals surface area contributed by atoms with Crippen molar-refractivity contribution in [3.8, 4) is 11.5 Å². The summed E-state index contributed by atoms with van der Waals surface area (Å²) in [4.78, 5) is 6.47. The minimum absolute atomic E-state index is 0.186. The van der Waals surface area contributed by atoms with E-state index in [0.29, 0.717) is 13.2 Å². The lowest BCUT2D eigenvalue weighted by Crippen LogP contribution is -2.25. The molecule has 3 rings (SSSR count). The van der Waals surface area contributed by atoms with E-state index < -0.39 is 0 Å². The van der Waals surface area contributed by atoms with E-state index in [9.17, 15) is 5.11 Å². The lowest BCUT2D eigenvalue weighted by Gasteiger charge is -2.25. The van der Waals surface area contributed by atoms with Gasteiger partial charge in [-0.3, -0.25) is 9.88 Å². The van der Waals surface area contributed by atoms with Gasteiger partial charge >= 0.3 is 0 Å². The van der Waals surface area contributed by atoms with E-state index >= 15 is 0 Å². The number of halogens is 1. The van der Waals surface area contributed by atoms with Crippen molar-refractivity contribution in [1.29, 1.82) is 0 Å². The average Bonchev–Trinajstić information content (AvgIpc) is 2.61. The topological polar surface area (TPSA) is 54.8 Å². The van der Waals surface area contributed by atoms with E-state index in [1.807, 2.05) is 24.4 Å². The summed E-state index contributed by atoms with van der Waals surface area (Å²) in [6, 6.07) is 8.02. The highest BCUT2D eigenvalue weighted by Crippen LogP contribution is 2.36. The van der Waals surface area contributed by atoms with Crippen molar-refractivity contribution in [2.45, 2.75) is 19.5 Å². The van der Waals surface area contributed by atoms with E-state index in [1.165, 1.54) is 0 Å². The predicted molar refractivity (Wildman–Crippen MR) is 95.2 cm³/mol. The molecule has 6 heteroatoms. The Kier molecular flexibility index (Phi) is 6.07. The molecule has 0 radical (unpaired) electrons. The number of hydrogen-bond acceptors (Lipinski definition) is 5. The lowest BCUT2D eigenvalue weighted by molar-refractivity contribution is 0.170. The van der Waals surface area contributed by atoms with E-state index in [2.05, 4.69) is 31.9 Å². The molecule has 0 fully saturated rings. The van der Waals surface area contributed by atoms with Crippen LogP contribution in [0.3, 0.4) is 0 Å². The van der Waals surface area contributed by atoms with Crippen molar-refractivity contribution in [3.63, 3.8) is 0 Å². The Balaban J connectivity index is 1.76. The number of pyridine rings is 1. The molecule has 5 nitrogen and oxygen atoms in total. The van der Waals surface area contributed by atoms with Crippen molar-refractivity contribution in [2.75, 3.05) is 26.4 Å². The molecule has 1 aromatic heterocycles. The van der Waals surface area contributed by atoms with Crippen molar-refractivity contribution in [2.24, 2.45) is 0 Å². The van der Waals surface area contributed by atoms with Crippen LogP contribution < -0.4 is 9.47 Å². The smallest absolute Gasteiger partial charge is 0.162 e. The second kappa shape index (κ2) is 8.46. The Bertz CT molecular complexity index is 667. The number of nitrogens with zero attached hydrogens (tertiary/aromatic N) is 2. The average molecular weight is 393 g/mol. The molecule has 0 amide bonds. The van der Waals surface area contributed by atoms with Crippen molar-refractivity contribution >= 4 is 15.9 Å². The van der Waals surface area contributed by atoms with Crippen molar-refractivity contribution in [3.05, 3.63) is 52.3 Å². The Morgan fingerprint density at radius 3 is 2.67 bits per heavy atom. The molecular formula is C18H21BrN2O3. The molecular weight excluding hydrogens is 372 g/mol. The summed E-state index contributed by atoms with van der Waals surface area (Å²) in [6.07, 6.45) is 4.40. The van der Waals surface area contributed by atoms with Gasteiger partial charge in [0.25, 0.3) is 0 Å². The van der Waals surface area contributed by atoms with Crippen LogP contribution >= 0.6 is 15.9 Å². The minimum atomic E-state index is 0.186. The molecule has 128 valence electrons. The van der Waals surface area contributed by atoms with Gasteiger partial charge in [0, 0.05) is 43.1 Å². The van der Waals surface area contributed by atoms with Gasteiger partial charge < -0.3 is 14.6 Å². The second-order valence-corrected chi connectivity index (χ2v) is 6.59. The number of aliphatic hydroxyl groups is 1. The Morgan fingerprint density at radius 2 is 1.96 bits per heavy atom. The largest absolute Gasteiger partial charge is 0.486 e. The maximum atomic E-state index is 9.18. The van der Waals surface area contributed by atoms with Crippen molar-refractivity contribution < 1.29 is 14.6 Å². The highest BCUT2D eigenvalue weighted by Gasteiger charge is 2.17. The van der Waals surface area contributed by atoms with Gasteiger partial charge in [0.2, 0.25) is 0 Å². The quantitative estimate of drug-likeness (QED) is 0.784. The van der Waals surface area contributed by atoms with Gasteiger partial charge in [-0.1, -0.05) is 22.0 Å². The molecule has 0 saturated carbocycles. The fourth-order valence-corrected chi connectivity index (χ4v) is 3.17.